The Labute approximate surface area is 139 Å². The average Bonchev–Trinajstić information content (AvgIpc) is 2.58. The molecule has 1 aromatic carbocycles. The summed E-state index contributed by atoms with van der Waals surface area (Å²) in [7, 11) is 0. The SMILES string of the molecule is CCCCOC(=O)CNC(=O)CNC(=O)c1ccccc1C(=O)O. The minimum absolute atomic E-state index is 0.0447. The molecule has 8 nitrogen and oxygen atoms in total. The van der Waals surface area contributed by atoms with E-state index in [-0.39, 0.29) is 24.2 Å². The van der Waals surface area contributed by atoms with Gasteiger partial charge in [0.05, 0.1) is 24.3 Å². The van der Waals surface area contributed by atoms with Crippen molar-refractivity contribution < 1.29 is 29.0 Å². The predicted molar refractivity (Wildman–Crippen MR) is 84.6 cm³/mol. The van der Waals surface area contributed by atoms with Crippen LogP contribution in [0.5, 0.6) is 0 Å². The van der Waals surface area contributed by atoms with Gasteiger partial charge in [-0.3, -0.25) is 14.4 Å². The van der Waals surface area contributed by atoms with Crippen LogP contribution in [0.2, 0.25) is 0 Å². The highest BCUT2D eigenvalue weighted by Crippen LogP contribution is 2.08. The largest absolute Gasteiger partial charge is 0.478 e. The number of carbonyl (C=O) groups excluding carboxylic acids is 3. The fourth-order valence-electron chi connectivity index (χ4n) is 1.74. The molecule has 130 valence electrons. The number of esters is 1. The molecule has 0 heterocycles. The number of hydrogen-bond acceptors (Lipinski definition) is 5. The molecule has 0 aliphatic rings. The molecule has 3 N–H and O–H groups in total. The number of amides is 2. The third kappa shape index (κ3) is 6.47. The van der Waals surface area contributed by atoms with Crippen LogP contribution in [0.4, 0.5) is 0 Å². The first kappa shape index (κ1) is 19.1. The van der Waals surface area contributed by atoms with Crippen molar-refractivity contribution in [3.05, 3.63) is 35.4 Å². The lowest BCUT2D eigenvalue weighted by Gasteiger charge is -2.08. The van der Waals surface area contributed by atoms with Gasteiger partial charge in [-0.15, -0.1) is 0 Å². The minimum atomic E-state index is -1.24. The van der Waals surface area contributed by atoms with Crippen molar-refractivity contribution in [2.24, 2.45) is 0 Å². The van der Waals surface area contributed by atoms with Crippen LogP contribution >= 0.6 is 0 Å². The maximum Gasteiger partial charge on any atom is 0.336 e. The second kappa shape index (κ2) is 9.98. The van der Waals surface area contributed by atoms with E-state index in [2.05, 4.69) is 10.6 Å². The molecule has 0 radical (unpaired) electrons. The number of ether oxygens (including phenoxy) is 1. The van der Waals surface area contributed by atoms with Crippen molar-refractivity contribution in [3.8, 4) is 0 Å². The van der Waals surface area contributed by atoms with Crippen molar-refractivity contribution in [2.75, 3.05) is 19.7 Å². The maximum absolute atomic E-state index is 11.9. The number of carboxylic acid groups (broad SMARTS) is 1. The van der Waals surface area contributed by atoms with Crippen LogP contribution < -0.4 is 10.6 Å². The van der Waals surface area contributed by atoms with Gasteiger partial charge in [-0.25, -0.2) is 4.79 Å². The van der Waals surface area contributed by atoms with Gasteiger partial charge < -0.3 is 20.5 Å². The van der Waals surface area contributed by atoms with E-state index in [1.165, 1.54) is 24.3 Å². The van der Waals surface area contributed by atoms with Crippen molar-refractivity contribution in [1.29, 1.82) is 0 Å². The summed E-state index contributed by atoms with van der Waals surface area (Å²) in [6, 6.07) is 5.66. The van der Waals surface area contributed by atoms with Crippen molar-refractivity contribution >= 4 is 23.8 Å². The average molecular weight is 336 g/mol. The smallest absolute Gasteiger partial charge is 0.336 e. The quantitative estimate of drug-likeness (QED) is 0.448. The van der Waals surface area contributed by atoms with Crippen molar-refractivity contribution in [3.63, 3.8) is 0 Å². The van der Waals surface area contributed by atoms with Gasteiger partial charge in [-0.2, -0.15) is 0 Å². The number of nitrogens with one attached hydrogen (secondary N) is 2. The Morgan fingerprint density at radius 2 is 1.71 bits per heavy atom. The summed E-state index contributed by atoms with van der Waals surface area (Å²) in [5.74, 6) is -3.06. The normalized spacial score (nSPS) is 9.88. The van der Waals surface area contributed by atoms with Gasteiger partial charge >= 0.3 is 11.9 Å². The lowest BCUT2D eigenvalue weighted by molar-refractivity contribution is -0.143. The molecule has 1 rings (SSSR count). The summed E-state index contributed by atoms with van der Waals surface area (Å²) in [6.45, 7) is 1.59. The molecule has 0 bridgehead atoms. The summed E-state index contributed by atoms with van der Waals surface area (Å²) in [5, 5.41) is 13.6. The molecule has 2 amide bonds. The van der Waals surface area contributed by atoms with Crippen LogP contribution in [0.3, 0.4) is 0 Å². The van der Waals surface area contributed by atoms with E-state index in [0.29, 0.717) is 6.61 Å². The molecular formula is C16H20N2O6. The highest BCUT2D eigenvalue weighted by Gasteiger charge is 2.16. The molecular weight excluding hydrogens is 316 g/mol. The summed E-state index contributed by atoms with van der Waals surface area (Å²) in [5.41, 5.74) is -0.202. The van der Waals surface area contributed by atoms with Crippen LogP contribution in [-0.4, -0.2) is 48.6 Å². The Balaban J connectivity index is 2.41. The number of hydrogen-bond donors (Lipinski definition) is 3. The van der Waals surface area contributed by atoms with E-state index in [9.17, 15) is 19.2 Å². The summed E-state index contributed by atoms with van der Waals surface area (Å²) in [4.78, 5) is 45.9. The van der Waals surface area contributed by atoms with E-state index < -0.39 is 23.8 Å². The predicted octanol–water partition coefficient (Wildman–Crippen LogP) is 0.574. The molecule has 0 atom stereocenters. The van der Waals surface area contributed by atoms with E-state index in [1.807, 2.05) is 6.92 Å². The lowest BCUT2D eigenvalue weighted by Crippen LogP contribution is -2.39. The Bertz CT molecular complexity index is 614. The van der Waals surface area contributed by atoms with E-state index in [4.69, 9.17) is 9.84 Å². The molecule has 0 fully saturated rings. The van der Waals surface area contributed by atoms with Crippen molar-refractivity contribution in [2.45, 2.75) is 19.8 Å². The molecule has 24 heavy (non-hydrogen) atoms. The third-order valence-corrected chi connectivity index (χ3v) is 3.00. The maximum atomic E-state index is 11.9. The van der Waals surface area contributed by atoms with Gasteiger partial charge in [0.1, 0.15) is 6.54 Å². The Morgan fingerprint density at radius 1 is 1.04 bits per heavy atom. The highest BCUT2D eigenvalue weighted by atomic mass is 16.5. The van der Waals surface area contributed by atoms with Gasteiger partial charge in [0.2, 0.25) is 5.91 Å². The van der Waals surface area contributed by atoms with Gasteiger partial charge in [0.15, 0.2) is 0 Å². The zero-order valence-electron chi connectivity index (χ0n) is 13.3. The summed E-state index contributed by atoms with van der Waals surface area (Å²) in [6.07, 6.45) is 1.64. The lowest BCUT2D eigenvalue weighted by atomic mass is 10.1. The Kier molecular flexibility index (Phi) is 7.97. The second-order valence-corrected chi connectivity index (χ2v) is 4.88. The van der Waals surface area contributed by atoms with E-state index in [1.54, 1.807) is 0 Å². The van der Waals surface area contributed by atoms with Crippen LogP contribution in [0.25, 0.3) is 0 Å². The zero-order valence-corrected chi connectivity index (χ0v) is 13.3. The minimum Gasteiger partial charge on any atom is -0.478 e. The molecule has 0 unspecified atom stereocenters. The number of rotatable bonds is 9. The second-order valence-electron chi connectivity index (χ2n) is 4.88. The van der Waals surface area contributed by atoms with Gasteiger partial charge in [-0.1, -0.05) is 25.5 Å². The first-order valence-corrected chi connectivity index (χ1v) is 7.48. The van der Waals surface area contributed by atoms with Crippen LogP contribution in [0.1, 0.15) is 40.5 Å². The van der Waals surface area contributed by atoms with Crippen LogP contribution in [0.15, 0.2) is 24.3 Å². The number of aromatic carboxylic acids is 1. The fraction of sp³-hybridized carbons (Fsp3) is 0.375. The summed E-state index contributed by atoms with van der Waals surface area (Å²) >= 11 is 0. The van der Waals surface area contributed by atoms with Crippen LogP contribution in [-0.2, 0) is 14.3 Å². The van der Waals surface area contributed by atoms with Gasteiger partial charge in [0.25, 0.3) is 5.91 Å². The molecule has 8 heteroatoms. The monoisotopic (exact) mass is 336 g/mol. The standard InChI is InChI=1S/C16H20N2O6/c1-2-3-8-24-14(20)10-17-13(19)9-18-15(21)11-6-4-5-7-12(11)16(22)23/h4-7H,2-3,8-10H2,1H3,(H,17,19)(H,18,21)(H,22,23). The van der Waals surface area contributed by atoms with E-state index in [0.717, 1.165) is 12.8 Å². The molecule has 1 aromatic rings. The molecule has 0 saturated heterocycles. The van der Waals surface area contributed by atoms with Crippen LogP contribution in [0, 0.1) is 0 Å². The van der Waals surface area contributed by atoms with Gasteiger partial charge in [-0.05, 0) is 18.6 Å². The topological polar surface area (TPSA) is 122 Å². The number of unbranched alkanes of at least 4 members (excludes halogenated alkanes) is 1. The van der Waals surface area contributed by atoms with E-state index >= 15 is 0 Å². The first-order chi connectivity index (χ1) is 11.5. The zero-order chi connectivity index (χ0) is 17.9. The fourth-order valence-corrected chi connectivity index (χ4v) is 1.74. The Hall–Kier alpha value is -2.90. The molecule has 0 aromatic heterocycles. The van der Waals surface area contributed by atoms with Crippen molar-refractivity contribution in [1.82, 2.24) is 10.6 Å². The molecule has 0 aliphatic carbocycles. The number of carboxylic acids is 1. The van der Waals surface area contributed by atoms with Gasteiger partial charge in [0, 0.05) is 0 Å². The Morgan fingerprint density at radius 3 is 2.33 bits per heavy atom. The summed E-state index contributed by atoms with van der Waals surface area (Å²) < 4.78 is 4.86. The molecule has 0 aliphatic heterocycles. The number of carbonyl (C=O) groups is 4. The highest BCUT2D eigenvalue weighted by molar-refractivity contribution is 6.05. The number of benzene rings is 1. The molecule has 0 saturated carbocycles. The third-order valence-electron chi connectivity index (χ3n) is 3.00. The molecule has 0 spiro atoms. The first-order valence-electron chi connectivity index (χ1n) is 7.48.